The number of carbonyl (C=O) groups excluding carboxylic acids is 1. The molecule has 4 nitrogen and oxygen atoms in total. The first-order valence-corrected chi connectivity index (χ1v) is 12.2. The van der Waals surface area contributed by atoms with Crippen molar-refractivity contribution in [1.29, 1.82) is 0 Å². The topological polar surface area (TPSA) is 44.7 Å². The number of hydrogen-bond acceptors (Lipinski definition) is 3. The fraction of sp³-hybridized carbons (Fsp3) is 0.286. The highest BCUT2D eigenvalue weighted by atomic mass is 31.0. The molecule has 1 amide bonds. The zero-order chi connectivity index (χ0) is 23.3. The van der Waals surface area contributed by atoms with E-state index in [1.165, 1.54) is 0 Å². The van der Waals surface area contributed by atoms with Gasteiger partial charge in [0.25, 0.3) is 0 Å². The Morgan fingerprint density at radius 1 is 1.00 bits per heavy atom. The first kappa shape index (κ1) is 23.2. The van der Waals surface area contributed by atoms with Gasteiger partial charge in [-0.3, -0.25) is 4.79 Å². The number of carbonyl (C=O) groups is 1. The predicted molar refractivity (Wildman–Crippen MR) is 141 cm³/mol. The van der Waals surface area contributed by atoms with E-state index in [1.54, 1.807) is 0 Å². The molecule has 0 aromatic heterocycles. The third-order valence-corrected chi connectivity index (χ3v) is 6.85. The first-order chi connectivity index (χ1) is 16.0. The van der Waals surface area contributed by atoms with Crippen molar-refractivity contribution >= 4 is 31.9 Å². The standard InChI is InChI=1S/C28H32N3OP/c1-3-4-15-25-26(22-16-18-24(33)19-17-22)30-31(23-13-9-6-10-14-23)28(25,2)27(32)29-20-21-11-7-5-8-12-21/h5-14,16-19,25H,3-4,15,20,33H2,1-2H3,(H,29,32). The van der Waals surface area contributed by atoms with Gasteiger partial charge < -0.3 is 5.32 Å². The molecule has 1 aliphatic rings. The van der Waals surface area contributed by atoms with Crippen molar-refractivity contribution in [1.82, 2.24) is 5.32 Å². The molecule has 1 N–H and O–H groups in total. The maximum Gasteiger partial charge on any atom is 0.248 e. The molecule has 3 aromatic carbocycles. The highest BCUT2D eigenvalue weighted by Gasteiger charge is 2.53. The molecule has 1 aliphatic heterocycles. The molecule has 0 radical (unpaired) electrons. The van der Waals surface area contributed by atoms with E-state index in [0.29, 0.717) is 6.54 Å². The molecule has 3 unspecified atom stereocenters. The zero-order valence-electron chi connectivity index (χ0n) is 19.4. The summed E-state index contributed by atoms with van der Waals surface area (Å²) in [5.74, 6) is -0.0264. The number of para-hydroxylation sites is 1. The Morgan fingerprint density at radius 2 is 1.64 bits per heavy atom. The lowest BCUT2D eigenvalue weighted by Crippen LogP contribution is -2.57. The van der Waals surface area contributed by atoms with E-state index >= 15 is 0 Å². The van der Waals surface area contributed by atoms with Gasteiger partial charge in [-0.1, -0.05) is 92.6 Å². The summed E-state index contributed by atoms with van der Waals surface area (Å²) in [5, 5.41) is 11.4. The number of anilines is 1. The summed E-state index contributed by atoms with van der Waals surface area (Å²) in [5.41, 5.74) is 3.23. The molecule has 0 fully saturated rings. The minimum absolute atomic E-state index is 0.00211. The van der Waals surface area contributed by atoms with Crippen LogP contribution < -0.4 is 15.6 Å². The number of hydrogen-bond donors (Lipinski definition) is 1. The maximum absolute atomic E-state index is 13.9. The zero-order valence-corrected chi connectivity index (χ0v) is 20.5. The van der Waals surface area contributed by atoms with Crippen LogP contribution in [0.3, 0.4) is 0 Å². The number of rotatable bonds is 8. The number of hydrazone groups is 1. The Hall–Kier alpha value is -2.97. The van der Waals surface area contributed by atoms with Gasteiger partial charge in [-0.2, -0.15) is 5.10 Å². The molecular formula is C28H32N3OP. The lowest BCUT2D eigenvalue weighted by molar-refractivity contribution is -0.127. The fourth-order valence-electron chi connectivity index (χ4n) is 4.54. The average Bonchev–Trinajstić information content (AvgIpc) is 3.16. The van der Waals surface area contributed by atoms with Crippen molar-refractivity contribution in [2.75, 3.05) is 5.01 Å². The second kappa shape index (κ2) is 10.3. The number of benzene rings is 3. The minimum atomic E-state index is -0.833. The van der Waals surface area contributed by atoms with Gasteiger partial charge in [-0.25, -0.2) is 5.01 Å². The van der Waals surface area contributed by atoms with E-state index in [9.17, 15) is 4.79 Å². The van der Waals surface area contributed by atoms with Crippen LogP contribution in [0.4, 0.5) is 5.69 Å². The van der Waals surface area contributed by atoms with Crippen LogP contribution in [-0.4, -0.2) is 17.2 Å². The van der Waals surface area contributed by atoms with Crippen LogP contribution in [-0.2, 0) is 11.3 Å². The molecule has 0 saturated carbocycles. The minimum Gasteiger partial charge on any atom is -0.350 e. The van der Waals surface area contributed by atoms with E-state index in [0.717, 1.165) is 47.1 Å². The molecule has 170 valence electrons. The quantitative estimate of drug-likeness (QED) is 0.467. The summed E-state index contributed by atoms with van der Waals surface area (Å²) in [6.07, 6.45) is 3.01. The summed E-state index contributed by atoms with van der Waals surface area (Å²) in [4.78, 5) is 13.9. The molecular weight excluding hydrogens is 425 g/mol. The molecule has 0 spiro atoms. The van der Waals surface area contributed by atoms with Gasteiger partial charge in [0.2, 0.25) is 5.91 Å². The van der Waals surface area contributed by atoms with Gasteiger partial charge in [0.1, 0.15) is 5.54 Å². The van der Waals surface area contributed by atoms with Gasteiger partial charge in [-0.15, -0.1) is 9.24 Å². The molecule has 3 aromatic rings. The Bertz CT molecular complexity index is 1100. The molecule has 0 bridgehead atoms. The summed E-state index contributed by atoms with van der Waals surface area (Å²) in [6, 6.07) is 28.5. The van der Waals surface area contributed by atoms with Crippen LogP contribution in [0, 0.1) is 5.92 Å². The highest BCUT2D eigenvalue weighted by molar-refractivity contribution is 7.27. The van der Waals surface area contributed by atoms with Crippen molar-refractivity contribution < 1.29 is 4.79 Å². The smallest absolute Gasteiger partial charge is 0.248 e. The van der Waals surface area contributed by atoms with Gasteiger partial charge in [-0.05, 0) is 41.9 Å². The van der Waals surface area contributed by atoms with E-state index in [4.69, 9.17) is 5.10 Å². The summed E-state index contributed by atoms with van der Waals surface area (Å²) in [6.45, 7) is 4.73. The van der Waals surface area contributed by atoms with Gasteiger partial charge >= 0.3 is 0 Å². The van der Waals surface area contributed by atoms with Crippen LogP contribution in [0.25, 0.3) is 0 Å². The monoisotopic (exact) mass is 457 g/mol. The molecule has 33 heavy (non-hydrogen) atoms. The van der Waals surface area contributed by atoms with E-state index in [1.807, 2.05) is 72.6 Å². The van der Waals surface area contributed by atoms with Crippen molar-refractivity contribution in [2.45, 2.75) is 45.2 Å². The molecule has 5 heteroatoms. The lowest BCUT2D eigenvalue weighted by atomic mass is 9.77. The first-order valence-electron chi connectivity index (χ1n) is 11.7. The van der Waals surface area contributed by atoms with Crippen molar-refractivity contribution in [3.8, 4) is 0 Å². The van der Waals surface area contributed by atoms with Crippen molar-refractivity contribution in [3.63, 3.8) is 0 Å². The van der Waals surface area contributed by atoms with Crippen LogP contribution in [0.1, 0.15) is 44.2 Å². The van der Waals surface area contributed by atoms with E-state index in [-0.39, 0.29) is 11.8 Å². The summed E-state index contributed by atoms with van der Waals surface area (Å²) >= 11 is 0. The van der Waals surface area contributed by atoms with Gasteiger partial charge in [0, 0.05) is 12.5 Å². The normalized spacial score (nSPS) is 19.9. The second-order valence-corrected chi connectivity index (χ2v) is 9.43. The van der Waals surface area contributed by atoms with Crippen molar-refractivity contribution in [3.05, 3.63) is 96.1 Å². The fourth-order valence-corrected chi connectivity index (χ4v) is 4.73. The number of nitrogens with zero attached hydrogens (tertiary/aromatic N) is 2. The van der Waals surface area contributed by atoms with Gasteiger partial charge in [0.05, 0.1) is 11.4 Å². The van der Waals surface area contributed by atoms with E-state index < -0.39 is 5.54 Å². The highest BCUT2D eigenvalue weighted by Crippen LogP contribution is 2.41. The Morgan fingerprint density at radius 3 is 2.27 bits per heavy atom. The number of nitrogens with one attached hydrogen (secondary N) is 1. The molecule has 4 rings (SSSR count). The summed E-state index contributed by atoms with van der Waals surface area (Å²) < 4.78 is 0. The van der Waals surface area contributed by atoms with E-state index in [2.05, 4.69) is 45.7 Å². The molecule has 1 heterocycles. The second-order valence-electron chi connectivity index (χ2n) is 8.77. The molecule has 0 saturated heterocycles. The largest absolute Gasteiger partial charge is 0.350 e. The van der Waals surface area contributed by atoms with Crippen molar-refractivity contribution in [2.24, 2.45) is 11.0 Å². The van der Waals surface area contributed by atoms with Gasteiger partial charge in [0.15, 0.2) is 0 Å². The molecule has 0 aliphatic carbocycles. The number of unbranched alkanes of at least 4 members (excludes halogenated alkanes) is 1. The molecule has 3 atom stereocenters. The maximum atomic E-state index is 13.9. The average molecular weight is 458 g/mol. The SMILES string of the molecule is CCCCC1C(c2ccc(P)cc2)=NN(c2ccccc2)C1(C)C(=O)NCc1ccccc1. The Kier molecular flexibility index (Phi) is 7.25. The van der Waals surface area contributed by atoms with Crippen LogP contribution in [0.5, 0.6) is 0 Å². The summed E-state index contributed by atoms with van der Waals surface area (Å²) in [7, 11) is 2.73. The van der Waals surface area contributed by atoms with Crippen LogP contribution in [0.15, 0.2) is 90.0 Å². The third-order valence-electron chi connectivity index (χ3n) is 6.47. The predicted octanol–water partition coefficient (Wildman–Crippen LogP) is 5.29. The van der Waals surface area contributed by atoms with Crippen LogP contribution >= 0.6 is 9.24 Å². The van der Waals surface area contributed by atoms with Crippen LogP contribution in [0.2, 0.25) is 0 Å². The third kappa shape index (κ3) is 4.86. The lowest BCUT2D eigenvalue weighted by Gasteiger charge is -2.37. The Labute approximate surface area is 199 Å². The Balaban J connectivity index is 1.74. The number of amides is 1.